The summed E-state index contributed by atoms with van der Waals surface area (Å²) in [6, 6.07) is 19.8. The van der Waals surface area contributed by atoms with Crippen LogP contribution in [0.2, 0.25) is 0 Å². The first-order valence-corrected chi connectivity index (χ1v) is 9.28. The molecule has 0 bridgehead atoms. The molecule has 0 saturated carbocycles. The highest BCUT2D eigenvalue weighted by atomic mass is 16.7. The fourth-order valence-electron chi connectivity index (χ4n) is 3.82. The number of carbonyl (C=O) groups is 1. The molecule has 0 spiro atoms. The van der Waals surface area contributed by atoms with E-state index in [2.05, 4.69) is 24.8 Å². The standard InChI is InChI=1S/C24H22O3/c1-2-17-9-5-13-21-19(17)12-7-14-22(21)24(25)27-16-26-23-15-6-10-18-8-3-4-11-20(18)23/h2-5,7-9,11-14,23H,1,6,10,15-16H2. The Bertz CT molecular complexity index is 990. The summed E-state index contributed by atoms with van der Waals surface area (Å²) in [5.41, 5.74) is 4.08. The van der Waals surface area contributed by atoms with Crippen molar-refractivity contribution in [1.29, 1.82) is 0 Å². The van der Waals surface area contributed by atoms with Crippen LogP contribution in [0, 0.1) is 0 Å². The lowest BCUT2D eigenvalue weighted by Crippen LogP contribution is -2.16. The highest BCUT2D eigenvalue weighted by Crippen LogP contribution is 2.32. The Morgan fingerprint density at radius 3 is 2.74 bits per heavy atom. The van der Waals surface area contributed by atoms with Gasteiger partial charge in [-0.1, -0.05) is 67.3 Å². The summed E-state index contributed by atoms with van der Waals surface area (Å²) < 4.78 is 11.3. The van der Waals surface area contributed by atoms with Crippen LogP contribution in [0.5, 0.6) is 0 Å². The molecular weight excluding hydrogens is 336 g/mol. The number of carbonyl (C=O) groups excluding carboxylic acids is 1. The molecule has 136 valence electrons. The molecule has 1 atom stereocenters. The topological polar surface area (TPSA) is 35.5 Å². The molecule has 3 heteroatoms. The van der Waals surface area contributed by atoms with Crippen molar-refractivity contribution in [2.75, 3.05) is 6.79 Å². The number of hydrogen-bond donors (Lipinski definition) is 0. The second-order valence-electron chi connectivity index (χ2n) is 6.75. The number of hydrogen-bond acceptors (Lipinski definition) is 3. The Morgan fingerprint density at radius 1 is 1.04 bits per heavy atom. The summed E-state index contributed by atoms with van der Waals surface area (Å²) in [6.07, 6.45) is 4.90. The summed E-state index contributed by atoms with van der Waals surface area (Å²) in [5.74, 6) is -0.370. The molecule has 0 radical (unpaired) electrons. The van der Waals surface area contributed by atoms with Crippen LogP contribution in [0.4, 0.5) is 0 Å². The van der Waals surface area contributed by atoms with Gasteiger partial charge < -0.3 is 9.47 Å². The molecule has 0 aliphatic heterocycles. The van der Waals surface area contributed by atoms with Crippen LogP contribution >= 0.6 is 0 Å². The number of ether oxygens (including phenoxy) is 2. The molecule has 0 fully saturated rings. The normalized spacial score (nSPS) is 15.9. The molecule has 0 aromatic heterocycles. The second-order valence-corrected chi connectivity index (χ2v) is 6.75. The molecule has 0 amide bonds. The first-order valence-electron chi connectivity index (χ1n) is 9.28. The average Bonchev–Trinajstić information content (AvgIpc) is 2.73. The monoisotopic (exact) mass is 358 g/mol. The van der Waals surface area contributed by atoms with Gasteiger partial charge in [0.2, 0.25) is 0 Å². The minimum absolute atomic E-state index is 0.0114. The molecule has 0 N–H and O–H groups in total. The molecule has 0 saturated heterocycles. The van der Waals surface area contributed by atoms with Gasteiger partial charge in [0.25, 0.3) is 0 Å². The summed E-state index contributed by atoms with van der Waals surface area (Å²) in [5, 5.41) is 1.85. The highest BCUT2D eigenvalue weighted by Gasteiger charge is 2.21. The van der Waals surface area contributed by atoms with Crippen molar-refractivity contribution in [2.24, 2.45) is 0 Å². The third-order valence-corrected chi connectivity index (χ3v) is 5.17. The lowest BCUT2D eigenvalue weighted by Gasteiger charge is -2.25. The van der Waals surface area contributed by atoms with E-state index >= 15 is 0 Å². The molecule has 1 aliphatic rings. The molecule has 3 aromatic carbocycles. The maximum atomic E-state index is 12.6. The fraction of sp³-hybridized carbons (Fsp3) is 0.208. The van der Waals surface area contributed by atoms with Gasteiger partial charge in [0.1, 0.15) is 0 Å². The van der Waals surface area contributed by atoms with Gasteiger partial charge in [-0.05, 0) is 52.8 Å². The predicted octanol–water partition coefficient (Wildman–Crippen LogP) is 5.69. The molecule has 3 aromatic rings. The van der Waals surface area contributed by atoms with Crippen LogP contribution in [0.15, 0.2) is 67.2 Å². The lowest BCUT2D eigenvalue weighted by molar-refractivity contribution is -0.0714. The Hall–Kier alpha value is -2.91. The van der Waals surface area contributed by atoms with Gasteiger partial charge >= 0.3 is 5.97 Å². The maximum absolute atomic E-state index is 12.6. The van der Waals surface area contributed by atoms with Crippen molar-refractivity contribution in [1.82, 2.24) is 0 Å². The third kappa shape index (κ3) is 3.51. The molecule has 27 heavy (non-hydrogen) atoms. The van der Waals surface area contributed by atoms with Crippen molar-refractivity contribution < 1.29 is 14.3 Å². The van der Waals surface area contributed by atoms with Crippen LogP contribution in [0.25, 0.3) is 16.8 Å². The van der Waals surface area contributed by atoms with Gasteiger partial charge in [0.15, 0.2) is 6.79 Å². The number of esters is 1. The van der Waals surface area contributed by atoms with E-state index in [9.17, 15) is 4.79 Å². The van der Waals surface area contributed by atoms with Crippen molar-refractivity contribution in [3.05, 3.63) is 89.5 Å². The Balaban J connectivity index is 1.47. The number of fused-ring (bicyclic) bond motifs is 2. The first-order chi connectivity index (χ1) is 13.3. The lowest BCUT2D eigenvalue weighted by atomic mass is 9.89. The minimum Gasteiger partial charge on any atom is -0.435 e. The average molecular weight is 358 g/mol. The number of rotatable bonds is 5. The van der Waals surface area contributed by atoms with Crippen LogP contribution in [-0.4, -0.2) is 12.8 Å². The smallest absolute Gasteiger partial charge is 0.340 e. The van der Waals surface area contributed by atoms with E-state index in [1.54, 1.807) is 12.1 Å². The SMILES string of the molecule is C=Cc1cccc2c(C(=O)OCOC3CCCc4ccccc43)cccc12. The second kappa shape index (κ2) is 7.77. The Kier molecular flexibility index (Phi) is 5.03. The van der Waals surface area contributed by atoms with E-state index in [1.807, 2.05) is 36.4 Å². The zero-order valence-electron chi connectivity index (χ0n) is 15.2. The quantitative estimate of drug-likeness (QED) is 0.434. The summed E-state index contributed by atoms with van der Waals surface area (Å²) in [6.45, 7) is 3.79. The zero-order valence-corrected chi connectivity index (χ0v) is 15.2. The molecular formula is C24H22O3. The van der Waals surface area contributed by atoms with Crippen molar-refractivity contribution >= 4 is 22.8 Å². The van der Waals surface area contributed by atoms with E-state index < -0.39 is 0 Å². The predicted molar refractivity (Wildman–Crippen MR) is 108 cm³/mol. The van der Waals surface area contributed by atoms with Crippen molar-refractivity contribution in [3.63, 3.8) is 0 Å². The van der Waals surface area contributed by atoms with Gasteiger partial charge in [0, 0.05) is 0 Å². The summed E-state index contributed by atoms with van der Waals surface area (Å²) in [4.78, 5) is 12.6. The van der Waals surface area contributed by atoms with Crippen LogP contribution in [0.1, 0.15) is 46.0 Å². The summed E-state index contributed by atoms with van der Waals surface area (Å²) in [7, 11) is 0. The number of aryl methyl sites for hydroxylation is 1. The van der Waals surface area contributed by atoms with Crippen LogP contribution in [0.3, 0.4) is 0 Å². The highest BCUT2D eigenvalue weighted by molar-refractivity contribution is 6.06. The minimum atomic E-state index is -0.370. The maximum Gasteiger partial charge on any atom is 0.340 e. The third-order valence-electron chi connectivity index (χ3n) is 5.17. The molecule has 0 heterocycles. The fourth-order valence-corrected chi connectivity index (χ4v) is 3.82. The van der Waals surface area contributed by atoms with E-state index in [0.717, 1.165) is 35.6 Å². The van der Waals surface area contributed by atoms with E-state index in [4.69, 9.17) is 9.47 Å². The molecule has 3 nitrogen and oxygen atoms in total. The van der Waals surface area contributed by atoms with Gasteiger partial charge in [-0.3, -0.25) is 0 Å². The van der Waals surface area contributed by atoms with Gasteiger partial charge in [-0.15, -0.1) is 0 Å². The van der Waals surface area contributed by atoms with E-state index in [1.165, 1.54) is 11.1 Å². The van der Waals surface area contributed by atoms with Crippen LogP contribution in [-0.2, 0) is 15.9 Å². The first kappa shape index (κ1) is 17.5. The number of benzene rings is 3. The molecule has 1 aliphatic carbocycles. The Labute approximate surface area is 159 Å². The van der Waals surface area contributed by atoms with Gasteiger partial charge in [-0.2, -0.15) is 0 Å². The van der Waals surface area contributed by atoms with Gasteiger partial charge in [0.05, 0.1) is 11.7 Å². The largest absolute Gasteiger partial charge is 0.435 e. The Morgan fingerprint density at radius 2 is 1.85 bits per heavy atom. The van der Waals surface area contributed by atoms with Crippen LogP contribution < -0.4 is 0 Å². The van der Waals surface area contributed by atoms with Crippen molar-refractivity contribution in [2.45, 2.75) is 25.4 Å². The van der Waals surface area contributed by atoms with Crippen molar-refractivity contribution in [3.8, 4) is 0 Å². The van der Waals surface area contributed by atoms with E-state index in [-0.39, 0.29) is 18.9 Å². The molecule has 1 unspecified atom stereocenters. The zero-order chi connectivity index (χ0) is 18.6. The van der Waals surface area contributed by atoms with Gasteiger partial charge in [-0.25, -0.2) is 4.79 Å². The molecule has 4 rings (SSSR count). The van der Waals surface area contributed by atoms with E-state index in [0.29, 0.717) is 5.56 Å². The summed E-state index contributed by atoms with van der Waals surface area (Å²) >= 11 is 0.